The normalized spacial score (nSPS) is 10.1. The van der Waals surface area contributed by atoms with Crippen molar-refractivity contribution in [3.63, 3.8) is 0 Å². The minimum atomic E-state index is -0.362. The first kappa shape index (κ1) is 16.7. The van der Waals surface area contributed by atoms with Gasteiger partial charge in [-0.25, -0.2) is 4.79 Å². The van der Waals surface area contributed by atoms with Crippen molar-refractivity contribution in [3.05, 3.63) is 71.8 Å². The number of benzene rings is 2. The van der Waals surface area contributed by atoms with Gasteiger partial charge in [0.1, 0.15) is 0 Å². The van der Waals surface area contributed by atoms with Crippen LogP contribution in [0, 0.1) is 0 Å². The van der Waals surface area contributed by atoms with Gasteiger partial charge in [-0.05, 0) is 24.0 Å². The Labute approximate surface area is 137 Å². The van der Waals surface area contributed by atoms with E-state index in [0.717, 1.165) is 23.3 Å². The van der Waals surface area contributed by atoms with Gasteiger partial charge in [0, 0.05) is 20.0 Å². The quantitative estimate of drug-likeness (QED) is 0.889. The number of urea groups is 1. The maximum Gasteiger partial charge on any atom is 0.324 e. The van der Waals surface area contributed by atoms with E-state index in [0.29, 0.717) is 13.0 Å². The van der Waals surface area contributed by atoms with Crippen molar-refractivity contribution in [2.45, 2.75) is 25.8 Å². The van der Waals surface area contributed by atoms with Crippen molar-refractivity contribution in [1.82, 2.24) is 10.2 Å². The third kappa shape index (κ3) is 5.58. The van der Waals surface area contributed by atoms with Crippen LogP contribution >= 0.6 is 0 Å². The van der Waals surface area contributed by atoms with E-state index in [1.807, 2.05) is 60.7 Å². The molecule has 0 fully saturated rings. The molecule has 120 valence electrons. The first-order chi connectivity index (χ1) is 11.2. The Hall–Kier alpha value is -2.62. The van der Waals surface area contributed by atoms with Crippen molar-refractivity contribution in [3.8, 4) is 0 Å². The van der Waals surface area contributed by atoms with Gasteiger partial charge in [-0.3, -0.25) is 9.69 Å². The minimum absolute atomic E-state index is 0.161. The Morgan fingerprint density at radius 1 is 0.913 bits per heavy atom. The number of hydrogen-bond donors (Lipinski definition) is 1. The van der Waals surface area contributed by atoms with E-state index in [2.05, 4.69) is 5.32 Å². The summed E-state index contributed by atoms with van der Waals surface area (Å²) < 4.78 is 0. The summed E-state index contributed by atoms with van der Waals surface area (Å²) in [5, 5.41) is 2.75. The lowest BCUT2D eigenvalue weighted by Crippen LogP contribution is -2.40. The van der Waals surface area contributed by atoms with Crippen LogP contribution in [0.2, 0.25) is 0 Å². The van der Waals surface area contributed by atoms with Gasteiger partial charge >= 0.3 is 6.03 Å². The van der Waals surface area contributed by atoms with Crippen LogP contribution in [0.4, 0.5) is 4.79 Å². The zero-order valence-electron chi connectivity index (χ0n) is 13.4. The molecule has 0 saturated carbocycles. The molecule has 0 aliphatic rings. The van der Waals surface area contributed by atoms with Gasteiger partial charge in [-0.2, -0.15) is 0 Å². The van der Waals surface area contributed by atoms with Crippen LogP contribution in [-0.4, -0.2) is 23.9 Å². The monoisotopic (exact) mass is 310 g/mol. The highest BCUT2D eigenvalue weighted by Gasteiger charge is 2.15. The largest absolute Gasteiger partial charge is 0.334 e. The SMILES string of the molecule is CN(C(=O)CCCc1ccccc1)C(=O)NCc1ccccc1. The van der Waals surface area contributed by atoms with Crippen molar-refractivity contribution >= 4 is 11.9 Å². The first-order valence-corrected chi connectivity index (χ1v) is 7.79. The van der Waals surface area contributed by atoms with E-state index in [1.165, 1.54) is 12.6 Å². The maximum atomic E-state index is 12.1. The summed E-state index contributed by atoms with van der Waals surface area (Å²) in [6.07, 6.45) is 1.94. The number of amides is 3. The smallest absolute Gasteiger partial charge is 0.324 e. The number of hydrogen-bond acceptors (Lipinski definition) is 2. The summed E-state index contributed by atoms with van der Waals surface area (Å²) in [7, 11) is 1.52. The lowest BCUT2D eigenvalue weighted by Gasteiger charge is -2.16. The van der Waals surface area contributed by atoms with Crippen molar-refractivity contribution in [2.75, 3.05) is 7.05 Å². The second kappa shape index (κ2) is 8.73. The molecule has 3 amide bonds. The summed E-state index contributed by atoms with van der Waals surface area (Å²) in [6.45, 7) is 0.418. The topological polar surface area (TPSA) is 49.4 Å². The fourth-order valence-electron chi connectivity index (χ4n) is 2.26. The Balaban J connectivity index is 1.72. The van der Waals surface area contributed by atoms with Gasteiger partial charge in [0.25, 0.3) is 0 Å². The molecular weight excluding hydrogens is 288 g/mol. The highest BCUT2D eigenvalue weighted by atomic mass is 16.2. The van der Waals surface area contributed by atoms with Gasteiger partial charge in [-0.1, -0.05) is 60.7 Å². The minimum Gasteiger partial charge on any atom is -0.334 e. The molecule has 0 saturated heterocycles. The molecule has 0 unspecified atom stereocenters. The molecule has 0 aliphatic heterocycles. The van der Waals surface area contributed by atoms with E-state index in [4.69, 9.17) is 0 Å². The number of rotatable bonds is 6. The number of carbonyl (C=O) groups excluding carboxylic acids is 2. The second-order valence-electron chi connectivity index (χ2n) is 5.44. The highest BCUT2D eigenvalue weighted by molar-refractivity contribution is 5.94. The lowest BCUT2D eigenvalue weighted by molar-refractivity contribution is -0.127. The van der Waals surface area contributed by atoms with E-state index in [1.54, 1.807) is 0 Å². The Kier molecular flexibility index (Phi) is 6.36. The number of aryl methyl sites for hydroxylation is 1. The van der Waals surface area contributed by atoms with Gasteiger partial charge in [0.05, 0.1) is 0 Å². The van der Waals surface area contributed by atoms with Gasteiger partial charge in [-0.15, -0.1) is 0 Å². The standard InChI is InChI=1S/C19H22N2O2/c1-21(19(23)20-15-17-11-6-3-7-12-17)18(22)14-8-13-16-9-4-2-5-10-16/h2-7,9-12H,8,13-15H2,1H3,(H,20,23). The Bertz CT molecular complexity index is 626. The zero-order valence-corrected chi connectivity index (χ0v) is 13.4. The highest BCUT2D eigenvalue weighted by Crippen LogP contribution is 2.06. The molecule has 4 heteroatoms. The van der Waals surface area contributed by atoms with Crippen molar-refractivity contribution < 1.29 is 9.59 Å². The predicted molar refractivity (Wildman–Crippen MR) is 90.8 cm³/mol. The zero-order chi connectivity index (χ0) is 16.5. The number of imide groups is 1. The Morgan fingerprint density at radius 2 is 1.48 bits per heavy atom. The molecule has 23 heavy (non-hydrogen) atoms. The molecule has 0 aliphatic carbocycles. The van der Waals surface area contributed by atoms with Gasteiger partial charge < -0.3 is 5.32 Å². The van der Waals surface area contributed by atoms with E-state index < -0.39 is 0 Å². The van der Waals surface area contributed by atoms with Gasteiger partial charge in [0.2, 0.25) is 5.91 Å². The molecule has 0 spiro atoms. The molecule has 1 N–H and O–H groups in total. The summed E-state index contributed by atoms with van der Waals surface area (Å²) in [4.78, 5) is 25.2. The van der Waals surface area contributed by atoms with Crippen LogP contribution in [0.15, 0.2) is 60.7 Å². The third-order valence-electron chi connectivity index (χ3n) is 3.66. The maximum absolute atomic E-state index is 12.1. The molecule has 2 aromatic rings. The molecular formula is C19H22N2O2. The van der Waals surface area contributed by atoms with E-state index >= 15 is 0 Å². The van der Waals surface area contributed by atoms with E-state index in [-0.39, 0.29) is 11.9 Å². The molecule has 2 rings (SSSR count). The summed E-state index contributed by atoms with van der Waals surface area (Å²) >= 11 is 0. The van der Waals surface area contributed by atoms with Crippen LogP contribution in [-0.2, 0) is 17.8 Å². The fraction of sp³-hybridized carbons (Fsp3) is 0.263. The second-order valence-corrected chi connectivity index (χ2v) is 5.44. The van der Waals surface area contributed by atoms with Crippen LogP contribution in [0.1, 0.15) is 24.0 Å². The Morgan fingerprint density at radius 3 is 2.09 bits per heavy atom. The van der Waals surface area contributed by atoms with E-state index in [9.17, 15) is 9.59 Å². The molecule has 0 aromatic heterocycles. The summed E-state index contributed by atoms with van der Waals surface area (Å²) in [6, 6.07) is 19.3. The molecule has 0 bridgehead atoms. The van der Waals surface area contributed by atoms with Crippen LogP contribution in [0.5, 0.6) is 0 Å². The predicted octanol–water partition coefficient (Wildman–Crippen LogP) is 3.38. The summed E-state index contributed by atoms with van der Waals surface area (Å²) in [5.74, 6) is -0.161. The number of carbonyl (C=O) groups is 2. The molecule has 2 aromatic carbocycles. The summed E-state index contributed by atoms with van der Waals surface area (Å²) in [5.41, 5.74) is 2.21. The molecule has 0 atom stereocenters. The average molecular weight is 310 g/mol. The average Bonchev–Trinajstić information content (AvgIpc) is 2.60. The first-order valence-electron chi connectivity index (χ1n) is 7.79. The van der Waals surface area contributed by atoms with Crippen LogP contribution in [0.25, 0.3) is 0 Å². The third-order valence-corrected chi connectivity index (χ3v) is 3.66. The van der Waals surface area contributed by atoms with Gasteiger partial charge in [0.15, 0.2) is 0 Å². The van der Waals surface area contributed by atoms with Crippen molar-refractivity contribution in [2.24, 2.45) is 0 Å². The molecule has 0 radical (unpaired) electrons. The molecule has 0 heterocycles. The molecule has 4 nitrogen and oxygen atoms in total. The fourth-order valence-corrected chi connectivity index (χ4v) is 2.26. The van der Waals surface area contributed by atoms with Crippen molar-refractivity contribution in [1.29, 1.82) is 0 Å². The number of nitrogens with zero attached hydrogens (tertiary/aromatic N) is 1. The number of nitrogens with one attached hydrogen (secondary N) is 1. The van der Waals surface area contributed by atoms with Crippen LogP contribution in [0.3, 0.4) is 0 Å². The lowest BCUT2D eigenvalue weighted by atomic mass is 10.1. The van der Waals surface area contributed by atoms with Crippen LogP contribution < -0.4 is 5.32 Å².